The molecular formula is C23H20FNO4. The second-order valence-corrected chi connectivity index (χ2v) is 6.12. The topological polar surface area (TPSA) is 64.6 Å². The van der Waals surface area contributed by atoms with E-state index >= 15 is 0 Å². The minimum absolute atomic E-state index is 0.0217. The zero-order valence-electron chi connectivity index (χ0n) is 15.8. The molecule has 3 aromatic carbocycles. The molecule has 0 aliphatic heterocycles. The van der Waals surface area contributed by atoms with Crippen molar-refractivity contribution in [3.8, 4) is 5.75 Å². The van der Waals surface area contributed by atoms with E-state index in [2.05, 4.69) is 5.32 Å². The van der Waals surface area contributed by atoms with Gasteiger partial charge >= 0.3 is 5.97 Å². The Bertz CT molecular complexity index is 991. The summed E-state index contributed by atoms with van der Waals surface area (Å²) in [5.41, 5.74) is 0.971. The first kappa shape index (κ1) is 20.1. The zero-order chi connectivity index (χ0) is 20.6. The van der Waals surface area contributed by atoms with E-state index in [1.54, 1.807) is 54.6 Å². The molecule has 5 nitrogen and oxygen atoms in total. The van der Waals surface area contributed by atoms with Gasteiger partial charge in [-0.15, -0.1) is 0 Å². The van der Waals surface area contributed by atoms with Crippen molar-refractivity contribution in [1.29, 1.82) is 0 Å². The highest BCUT2D eigenvalue weighted by molar-refractivity contribution is 5.99. The molecule has 3 aromatic rings. The number of hydrogen-bond acceptors (Lipinski definition) is 4. The number of para-hydroxylation sites is 2. The lowest BCUT2D eigenvalue weighted by atomic mass is 10.1. The monoisotopic (exact) mass is 393 g/mol. The molecular weight excluding hydrogens is 373 g/mol. The van der Waals surface area contributed by atoms with Gasteiger partial charge in [0.05, 0.1) is 17.9 Å². The summed E-state index contributed by atoms with van der Waals surface area (Å²) in [6.45, 7) is 2.27. The van der Waals surface area contributed by atoms with Gasteiger partial charge in [-0.3, -0.25) is 4.79 Å². The number of hydrogen-bond donors (Lipinski definition) is 1. The second kappa shape index (κ2) is 9.50. The predicted octanol–water partition coefficient (Wildman–Crippen LogP) is 4.76. The summed E-state index contributed by atoms with van der Waals surface area (Å²) in [6.07, 6.45) is -1.22. The van der Waals surface area contributed by atoms with Gasteiger partial charge in [0.15, 0.2) is 0 Å². The second-order valence-electron chi connectivity index (χ2n) is 6.12. The lowest BCUT2D eigenvalue weighted by Crippen LogP contribution is -2.26. The number of carbonyl (C=O) groups is 2. The van der Waals surface area contributed by atoms with Gasteiger partial charge in [0, 0.05) is 5.56 Å². The number of rotatable bonds is 7. The summed E-state index contributed by atoms with van der Waals surface area (Å²) in [5.74, 6) is -1.41. The van der Waals surface area contributed by atoms with Crippen LogP contribution in [0.15, 0.2) is 78.9 Å². The quantitative estimate of drug-likeness (QED) is 0.588. The number of ether oxygens (including phenoxy) is 2. The fourth-order valence-electron chi connectivity index (χ4n) is 2.74. The maximum atomic E-state index is 13.4. The fraction of sp³-hybridized carbons (Fsp3) is 0.130. The SMILES string of the molecule is CCOc1ccccc1NC(=O)C(OC(=O)c1cccc(F)c1)c1ccccc1. The molecule has 0 radical (unpaired) electrons. The van der Waals surface area contributed by atoms with Crippen molar-refractivity contribution < 1.29 is 23.5 Å². The van der Waals surface area contributed by atoms with Crippen molar-refractivity contribution in [2.24, 2.45) is 0 Å². The zero-order valence-corrected chi connectivity index (χ0v) is 15.8. The molecule has 6 heteroatoms. The van der Waals surface area contributed by atoms with Gasteiger partial charge in [-0.2, -0.15) is 0 Å². The first-order chi connectivity index (χ1) is 14.1. The summed E-state index contributed by atoms with van der Waals surface area (Å²) in [7, 11) is 0. The molecule has 0 bridgehead atoms. The van der Waals surface area contributed by atoms with E-state index in [9.17, 15) is 14.0 Å². The molecule has 1 unspecified atom stereocenters. The lowest BCUT2D eigenvalue weighted by molar-refractivity contribution is -0.125. The molecule has 3 rings (SSSR count). The van der Waals surface area contributed by atoms with E-state index in [1.165, 1.54) is 18.2 Å². The van der Waals surface area contributed by atoms with Crippen LogP contribution in [0.1, 0.15) is 28.9 Å². The first-order valence-electron chi connectivity index (χ1n) is 9.12. The van der Waals surface area contributed by atoms with Crippen molar-refractivity contribution in [2.45, 2.75) is 13.0 Å². The summed E-state index contributed by atoms with van der Waals surface area (Å²) in [6, 6.07) is 20.7. The molecule has 0 saturated carbocycles. The van der Waals surface area contributed by atoms with Gasteiger partial charge in [-0.05, 0) is 37.3 Å². The van der Waals surface area contributed by atoms with E-state index < -0.39 is 23.8 Å². The van der Waals surface area contributed by atoms with Crippen LogP contribution in [0.5, 0.6) is 5.75 Å². The lowest BCUT2D eigenvalue weighted by Gasteiger charge is -2.19. The highest BCUT2D eigenvalue weighted by atomic mass is 19.1. The van der Waals surface area contributed by atoms with Crippen molar-refractivity contribution in [2.75, 3.05) is 11.9 Å². The van der Waals surface area contributed by atoms with Crippen LogP contribution in [-0.4, -0.2) is 18.5 Å². The number of halogens is 1. The van der Waals surface area contributed by atoms with E-state index in [4.69, 9.17) is 9.47 Å². The molecule has 0 aliphatic carbocycles. The molecule has 1 N–H and O–H groups in total. The van der Waals surface area contributed by atoms with Gasteiger partial charge in [0.1, 0.15) is 11.6 Å². The molecule has 0 spiro atoms. The average molecular weight is 393 g/mol. The van der Waals surface area contributed by atoms with Crippen LogP contribution in [-0.2, 0) is 9.53 Å². The highest BCUT2D eigenvalue weighted by Gasteiger charge is 2.26. The maximum absolute atomic E-state index is 13.4. The Morgan fingerprint density at radius 2 is 1.69 bits per heavy atom. The summed E-state index contributed by atoms with van der Waals surface area (Å²) < 4.78 is 24.4. The van der Waals surface area contributed by atoms with Crippen LogP contribution in [0.4, 0.5) is 10.1 Å². The predicted molar refractivity (Wildman–Crippen MR) is 107 cm³/mol. The van der Waals surface area contributed by atoms with Crippen molar-refractivity contribution in [1.82, 2.24) is 0 Å². The van der Waals surface area contributed by atoms with Gasteiger partial charge in [-0.1, -0.05) is 48.5 Å². The third-order valence-corrected chi connectivity index (χ3v) is 4.07. The van der Waals surface area contributed by atoms with Crippen LogP contribution in [0.2, 0.25) is 0 Å². The Labute approximate surface area is 168 Å². The fourth-order valence-corrected chi connectivity index (χ4v) is 2.74. The van der Waals surface area contributed by atoms with Gasteiger partial charge < -0.3 is 14.8 Å². The summed E-state index contributed by atoms with van der Waals surface area (Å²) >= 11 is 0. The molecule has 29 heavy (non-hydrogen) atoms. The molecule has 0 aromatic heterocycles. The van der Waals surface area contributed by atoms with Crippen LogP contribution >= 0.6 is 0 Å². The Hall–Kier alpha value is -3.67. The molecule has 1 amide bonds. The maximum Gasteiger partial charge on any atom is 0.339 e. The Balaban J connectivity index is 1.86. The van der Waals surface area contributed by atoms with Gasteiger partial charge in [0.2, 0.25) is 6.10 Å². The number of esters is 1. The first-order valence-corrected chi connectivity index (χ1v) is 9.12. The minimum atomic E-state index is -1.22. The summed E-state index contributed by atoms with van der Waals surface area (Å²) in [4.78, 5) is 25.5. The molecule has 1 atom stereocenters. The van der Waals surface area contributed by atoms with E-state index in [-0.39, 0.29) is 5.56 Å². The molecule has 0 heterocycles. The van der Waals surface area contributed by atoms with Gasteiger partial charge in [-0.25, -0.2) is 9.18 Å². The number of carbonyl (C=O) groups excluding carboxylic acids is 2. The third-order valence-electron chi connectivity index (χ3n) is 4.07. The normalized spacial score (nSPS) is 11.4. The standard InChI is InChI=1S/C23H20FNO4/c1-2-28-20-14-7-6-13-19(20)25-22(26)21(16-9-4-3-5-10-16)29-23(27)17-11-8-12-18(24)15-17/h3-15,21H,2H2,1H3,(H,25,26). The molecule has 0 fully saturated rings. The van der Waals surface area contributed by atoms with Crippen LogP contribution in [0.3, 0.4) is 0 Å². The Morgan fingerprint density at radius 3 is 2.41 bits per heavy atom. The smallest absolute Gasteiger partial charge is 0.339 e. The minimum Gasteiger partial charge on any atom is -0.492 e. The van der Waals surface area contributed by atoms with E-state index in [0.29, 0.717) is 23.6 Å². The van der Waals surface area contributed by atoms with Gasteiger partial charge in [0.25, 0.3) is 5.91 Å². The highest BCUT2D eigenvalue weighted by Crippen LogP contribution is 2.27. The number of nitrogens with one attached hydrogen (secondary N) is 1. The number of benzene rings is 3. The largest absolute Gasteiger partial charge is 0.492 e. The summed E-state index contributed by atoms with van der Waals surface area (Å²) in [5, 5.41) is 2.75. The van der Waals surface area contributed by atoms with E-state index in [0.717, 1.165) is 6.07 Å². The van der Waals surface area contributed by atoms with Crippen LogP contribution < -0.4 is 10.1 Å². The van der Waals surface area contributed by atoms with Crippen LogP contribution in [0, 0.1) is 5.82 Å². The number of amides is 1. The van der Waals surface area contributed by atoms with Crippen LogP contribution in [0.25, 0.3) is 0 Å². The number of anilines is 1. The Morgan fingerprint density at radius 1 is 0.966 bits per heavy atom. The van der Waals surface area contributed by atoms with Crippen molar-refractivity contribution in [3.63, 3.8) is 0 Å². The van der Waals surface area contributed by atoms with Crippen molar-refractivity contribution in [3.05, 3.63) is 95.8 Å². The third kappa shape index (κ3) is 5.19. The molecule has 148 valence electrons. The average Bonchev–Trinajstić information content (AvgIpc) is 2.74. The molecule has 0 saturated heterocycles. The van der Waals surface area contributed by atoms with Crippen molar-refractivity contribution >= 4 is 17.6 Å². The van der Waals surface area contributed by atoms with E-state index in [1.807, 2.05) is 6.92 Å². The molecule has 0 aliphatic rings. The Kier molecular flexibility index (Phi) is 6.58.